The zero-order valence-electron chi connectivity index (χ0n) is 70.4. The van der Waals surface area contributed by atoms with Crippen molar-refractivity contribution < 1.29 is 90.4 Å². The Balaban J connectivity index is 1.28. The minimum atomic E-state index is -4.79. The van der Waals surface area contributed by atoms with Crippen LogP contribution in [0.2, 0.25) is 0 Å². The van der Waals surface area contributed by atoms with E-state index in [1.165, 1.54) is 119 Å². The van der Waals surface area contributed by atoms with E-state index in [1.807, 2.05) is 37.3 Å². The predicted molar refractivity (Wildman–Crippen MR) is 445 cm³/mol. The second kappa shape index (κ2) is 62.1. The number of rotatable bonds is 67. The number of carbonyl (C=O) groups excluding carboxylic acids is 10. The summed E-state index contributed by atoms with van der Waals surface area (Å²) in [5.74, 6) is -6.56. The Morgan fingerprint density at radius 2 is 1.05 bits per heavy atom. The summed E-state index contributed by atoms with van der Waals surface area (Å²) in [6, 6.07) is 12.2. The van der Waals surface area contributed by atoms with Crippen molar-refractivity contribution in [1.82, 2.24) is 41.7 Å². The number of guanidine groups is 1. The molecule has 0 spiro atoms. The first-order chi connectivity index (χ1) is 56.5. The van der Waals surface area contributed by atoms with Crippen LogP contribution in [-0.2, 0) is 93.7 Å². The maximum Gasteiger partial charge on any atom is 0.472 e. The van der Waals surface area contributed by atoms with Gasteiger partial charge in [-0.3, -0.25) is 52.2 Å². The minimum absolute atomic E-state index is 0.0220. The molecule has 0 bridgehead atoms. The molecule has 32 heteroatoms. The van der Waals surface area contributed by atoms with E-state index in [4.69, 9.17) is 33.7 Å². The fourth-order valence-electron chi connectivity index (χ4n) is 14.1. The van der Waals surface area contributed by atoms with Crippen LogP contribution in [0.1, 0.15) is 302 Å². The number of benzene rings is 2. The number of nitrogens with two attached hydrogens (primary N) is 1. The minimum Gasteiger partial charge on any atom is -0.462 e. The number of likely N-dealkylation sites (tertiary alicyclic amines) is 2. The fourth-order valence-corrected chi connectivity index (χ4v) is 14.9. The molecule has 2 saturated heterocycles. The summed E-state index contributed by atoms with van der Waals surface area (Å²) >= 11 is 0. The molecule has 2 heterocycles. The van der Waals surface area contributed by atoms with Crippen LogP contribution in [0.4, 0.5) is 0 Å². The number of hydrazone groups is 1. The molecular weight excluding hydrogens is 1530 g/mol. The van der Waals surface area contributed by atoms with E-state index in [9.17, 15) is 67.5 Å². The molecule has 4 rings (SSSR count). The number of nitrogens with zero attached hydrogens (tertiary/aromatic N) is 4. The summed E-state index contributed by atoms with van der Waals surface area (Å²) in [6.07, 6.45) is 31.4. The number of nitrogens with one attached hydrogen (secondary N) is 6. The monoisotopic (exact) mass is 1670 g/mol. The molecule has 660 valence electrons. The average Bonchev–Trinajstić information content (AvgIpc) is 1.67. The summed E-state index contributed by atoms with van der Waals surface area (Å²) in [5, 5.41) is 28.8. The number of hydrogen-bond acceptors (Lipinski definition) is 19. The summed E-state index contributed by atoms with van der Waals surface area (Å²) in [4.78, 5) is 162. The predicted octanol–water partition coefficient (Wildman–Crippen LogP) is 12.2. The SMILES string of the molecule is CCCCCCCCCCCCCCCC(=O)OCC(COP(=O)(O)OCCNC(=O)CCCC(=O)NCC(=O)NC(C(=O)NC(CCCCC)C(=O)N1CCCC1C(=O)N1CCCC1C(=O)NC(CCCN/C(N)=N/[N+](=O)[O-])C(=O)OCc1ccccc1)C(C)OCc1ccccc1)OC(=O)CCCCCCCCCCCCCCC. The van der Waals surface area contributed by atoms with Gasteiger partial charge in [-0.1, -0.05) is 255 Å². The number of esters is 3. The van der Waals surface area contributed by atoms with Crippen LogP contribution < -0.4 is 37.6 Å². The molecule has 117 heavy (non-hydrogen) atoms. The van der Waals surface area contributed by atoms with Crippen LogP contribution in [0.25, 0.3) is 0 Å². The molecule has 0 radical (unpaired) electrons. The maximum absolute atomic E-state index is 14.9. The number of unbranched alkanes of at least 4 members (excludes halogenated alkanes) is 26. The molecule has 2 aliphatic rings. The lowest BCUT2D eigenvalue weighted by atomic mass is 10.0. The number of phosphoric acid groups is 1. The van der Waals surface area contributed by atoms with Crippen LogP contribution in [0.5, 0.6) is 0 Å². The van der Waals surface area contributed by atoms with Crippen molar-refractivity contribution in [1.29, 1.82) is 0 Å². The standard InChI is InChI=1S/C85H140N11O20P/c1-5-8-11-13-15-17-19-21-23-25-27-29-38-54-77(100)112-64-69(116-78(101)55-39-30-28-26-24-22-20-18-16-14-12-9-6-2)65-115-117(109,110)114-60-57-87-74(97)52-40-53-75(98)89-61-76(99)92-79(66(4)111-62-67-44-34-31-35-45-67)81(103)90-70(48-33-10-7-3)82(104)95-59-43-51-73(95)83(105)94-58-42-50-72(94)80(102)91-71(49-41-56-88-85(86)93-96(107)108)84(106)113-63-68-46-36-32-37-47-68/h31-32,34-37,44-47,66,69-73,79H,5-30,33,38-43,48-65H2,1-4H3,(H,87,97)(H,89,98)(H,90,103)(H,91,102)(H,92,99)(H,109,110)(H3,86,88,93). The maximum atomic E-state index is 14.9. The Bertz CT molecular complexity index is 3290. The highest BCUT2D eigenvalue weighted by Crippen LogP contribution is 2.43. The van der Waals surface area contributed by atoms with Crippen molar-refractivity contribution in [2.45, 2.75) is 347 Å². The number of phosphoric ester groups is 1. The van der Waals surface area contributed by atoms with Crippen molar-refractivity contribution in [2.24, 2.45) is 10.8 Å². The molecule has 0 saturated carbocycles. The molecule has 31 nitrogen and oxygen atoms in total. The largest absolute Gasteiger partial charge is 0.472 e. The van der Waals surface area contributed by atoms with Gasteiger partial charge in [0.05, 0.1) is 32.5 Å². The zero-order valence-corrected chi connectivity index (χ0v) is 71.3. The second-order valence-corrected chi connectivity index (χ2v) is 32.2. The van der Waals surface area contributed by atoms with E-state index in [2.05, 4.69) is 50.8 Å². The number of ether oxygens (including phenoxy) is 4. The van der Waals surface area contributed by atoms with Crippen LogP contribution >= 0.6 is 7.82 Å². The van der Waals surface area contributed by atoms with Crippen LogP contribution in [0.3, 0.4) is 0 Å². The van der Waals surface area contributed by atoms with E-state index in [1.54, 1.807) is 37.3 Å². The Morgan fingerprint density at radius 3 is 1.62 bits per heavy atom. The van der Waals surface area contributed by atoms with Gasteiger partial charge in [-0.2, -0.15) is 0 Å². The Morgan fingerprint density at radius 1 is 0.547 bits per heavy atom. The molecule has 0 aliphatic carbocycles. The normalized spacial score (nSPS) is 15.9. The molecular formula is C85H140N11O20P. The first kappa shape index (κ1) is 101. The number of hydrogen-bond donors (Lipinski definition) is 8. The molecule has 2 fully saturated rings. The molecule has 2 aromatic rings. The third-order valence-electron chi connectivity index (χ3n) is 20.8. The molecule has 9 N–H and O–H groups in total. The first-order valence-electron chi connectivity index (χ1n) is 43.6. The van der Waals surface area contributed by atoms with Crippen molar-refractivity contribution in [3.8, 4) is 0 Å². The summed E-state index contributed by atoms with van der Waals surface area (Å²) in [7, 11) is -4.79. The fraction of sp³-hybridized carbons (Fsp3) is 0.729. The first-order valence-corrected chi connectivity index (χ1v) is 45.1. The Labute approximate surface area is 693 Å². The molecule has 7 amide bonds. The zero-order chi connectivity index (χ0) is 85.1. The molecule has 0 aromatic heterocycles. The lowest BCUT2D eigenvalue weighted by Crippen LogP contribution is -2.60. The average molecular weight is 1670 g/mol. The van der Waals surface area contributed by atoms with Crippen molar-refractivity contribution >= 4 is 73.0 Å². The highest BCUT2D eigenvalue weighted by atomic mass is 31.2. The van der Waals surface area contributed by atoms with E-state index >= 15 is 0 Å². The third kappa shape index (κ3) is 46.2. The van der Waals surface area contributed by atoms with Gasteiger partial charge in [-0.05, 0) is 82.3 Å². The van der Waals surface area contributed by atoms with Crippen LogP contribution in [0, 0.1) is 10.1 Å². The Kier molecular flexibility index (Phi) is 53.7. The van der Waals surface area contributed by atoms with E-state index in [0.717, 1.165) is 56.9 Å². The van der Waals surface area contributed by atoms with Crippen LogP contribution in [0.15, 0.2) is 65.8 Å². The van der Waals surface area contributed by atoms with Crippen molar-refractivity contribution in [2.75, 3.05) is 52.5 Å². The van der Waals surface area contributed by atoms with E-state index < -0.39 is 140 Å². The Hall–Kier alpha value is -8.12. The van der Waals surface area contributed by atoms with Gasteiger partial charge in [0.25, 0.3) is 5.96 Å². The smallest absolute Gasteiger partial charge is 0.462 e. The van der Waals surface area contributed by atoms with Gasteiger partial charge in [-0.15, -0.1) is 0 Å². The van der Waals surface area contributed by atoms with E-state index in [-0.39, 0.29) is 110 Å². The van der Waals surface area contributed by atoms with Gasteiger partial charge >= 0.3 is 25.7 Å². The van der Waals surface area contributed by atoms with Gasteiger partial charge < -0.3 is 71.3 Å². The highest BCUT2D eigenvalue weighted by molar-refractivity contribution is 7.47. The van der Waals surface area contributed by atoms with Gasteiger partial charge in [0.1, 0.15) is 48.5 Å². The lowest BCUT2D eigenvalue weighted by molar-refractivity contribution is -0.485. The molecule has 2 aromatic carbocycles. The number of amides is 7. The number of nitro groups is 1. The lowest BCUT2D eigenvalue weighted by Gasteiger charge is -2.34. The quantitative estimate of drug-likeness (QED) is 0.00446. The summed E-state index contributed by atoms with van der Waals surface area (Å²) < 4.78 is 46.2. The van der Waals surface area contributed by atoms with Gasteiger partial charge in [0.2, 0.25) is 41.4 Å². The topological polar surface area (TPSA) is 424 Å². The van der Waals surface area contributed by atoms with Gasteiger partial charge in [0, 0.05) is 51.9 Å². The second-order valence-electron chi connectivity index (χ2n) is 30.8. The molecule has 8 unspecified atom stereocenters. The van der Waals surface area contributed by atoms with E-state index in [0.29, 0.717) is 44.1 Å². The molecule has 2 aliphatic heterocycles. The molecule has 8 atom stereocenters. The van der Waals surface area contributed by atoms with Crippen molar-refractivity contribution in [3.63, 3.8) is 0 Å². The van der Waals surface area contributed by atoms with Crippen molar-refractivity contribution in [3.05, 3.63) is 81.9 Å². The number of carbonyl (C=O) groups is 10. The van der Waals surface area contributed by atoms with Crippen LogP contribution in [-0.4, -0.2) is 180 Å². The van der Waals surface area contributed by atoms with Gasteiger partial charge in [0.15, 0.2) is 11.1 Å². The highest BCUT2D eigenvalue weighted by Gasteiger charge is 2.45. The summed E-state index contributed by atoms with van der Waals surface area (Å²) in [6.45, 7) is 6.07. The van der Waals surface area contributed by atoms with Gasteiger partial charge in [-0.25, -0.2) is 19.5 Å². The summed E-state index contributed by atoms with van der Waals surface area (Å²) in [5.41, 5.74) is 7.05. The third-order valence-corrected chi connectivity index (χ3v) is 21.8.